The Morgan fingerprint density at radius 1 is 1.21 bits per heavy atom. The number of aliphatic hydroxyl groups is 1. The number of hydrogen-bond donors (Lipinski definition) is 2. The average molecular weight is 395 g/mol. The van der Waals surface area contributed by atoms with Crippen LogP contribution in [0.4, 0.5) is 5.82 Å². The van der Waals surface area contributed by atoms with E-state index in [0.29, 0.717) is 6.54 Å². The lowest BCUT2D eigenvalue weighted by Crippen LogP contribution is -2.51. The number of fused-ring (bicyclic) bond motifs is 1. The van der Waals surface area contributed by atoms with Gasteiger partial charge in [-0.1, -0.05) is 30.3 Å². The number of rotatable bonds is 5. The first-order valence-corrected chi connectivity index (χ1v) is 10.6. The molecule has 1 atom stereocenters. The van der Waals surface area contributed by atoms with Gasteiger partial charge in [0.15, 0.2) is 5.82 Å². The molecule has 29 heavy (non-hydrogen) atoms. The number of carbonyl (C=O) groups is 1. The van der Waals surface area contributed by atoms with Gasteiger partial charge >= 0.3 is 0 Å². The molecule has 1 unspecified atom stereocenters. The predicted octanol–water partition coefficient (Wildman–Crippen LogP) is 2.74. The van der Waals surface area contributed by atoms with Crippen LogP contribution in [0.25, 0.3) is 11.4 Å². The number of anilines is 1. The molecule has 0 bridgehead atoms. The first-order chi connectivity index (χ1) is 14.0. The van der Waals surface area contributed by atoms with E-state index in [1.165, 1.54) is 5.56 Å². The third kappa shape index (κ3) is 4.27. The Kier molecular flexibility index (Phi) is 5.54. The van der Waals surface area contributed by atoms with Crippen molar-refractivity contribution in [3.63, 3.8) is 0 Å². The molecule has 2 heterocycles. The van der Waals surface area contributed by atoms with E-state index in [9.17, 15) is 9.90 Å². The number of aromatic nitrogens is 2. The molecule has 1 amide bonds. The van der Waals surface area contributed by atoms with E-state index in [1.54, 1.807) is 0 Å². The highest BCUT2D eigenvalue weighted by molar-refractivity contribution is 5.80. The van der Waals surface area contributed by atoms with Gasteiger partial charge in [0.25, 0.3) is 0 Å². The molecule has 1 aliphatic heterocycles. The smallest absolute Gasteiger partial charge is 0.225 e. The van der Waals surface area contributed by atoms with Gasteiger partial charge in [-0.05, 0) is 46.0 Å². The summed E-state index contributed by atoms with van der Waals surface area (Å²) >= 11 is 0. The zero-order valence-corrected chi connectivity index (χ0v) is 17.3. The molecule has 2 aromatic rings. The van der Waals surface area contributed by atoms with Crippen LogP contribution in [0.5, 0.6) is 0 Å². The van der Waals surface area contributed by atoms with Crippen LogP contribution < -0.4 is 10.2 Å². The normalized spacial score (nSPS) is 19.1. The Hall–Kier alpha value is -2.47. The minimum atomic E-state index is -0.601. The number of amides is 1. The minimum Gasteiger partial charge on any atom is -0.394 e. The molecule has 1 aromatic carbocycles. The number of nitrogens with zero attached hydrogens (tertiary/aromatic N) is 3. The van der Waals surface area contributed by atoms with Crippen LogP contribution >= 0.6 is 0 Å². The molecular weight excluding hydrogens is 364 g/mol. The van der Waals surface area contributed by atoms with E-state index in [0.717, 1.165) is 61.5 Å². The standard InChI is InChI=1S/C23H30N4O2/c1-23(2,15-28)26-22(29)17-10-7-13-27(14-17)21-18-11-6-12-19(18)24-20(25-21)16-8-4-3-5-9-16/h3-5,8-9,17,28H,6-7,10-15H2,1-2H3,(H,26,29). The van der Waals surface area contributed by atoms with Crippen molar-refractivity contribution in [2.24, 2.45) is 5.92 Å². The lowest BCUT2D eigenvalue weighted by atomic mass is 9.95. The fourth-order valence-corrected chi connectivity index (χ4v) is 4.25. The summed E-state index contributed by atoms with van der Waals surface area (Å²) in [6.07, 6.45) is 4.93. The van der Waals surface area contributed by atoms with E-state index in [1.807, 2.05) is 44.2 Å². The molecule has 1 aromatic heterocycles. The number of aliphatic hydroxyl groups excluding tert-OH is 1. The van der Waals surface area contributed by atoms with E-state index in [2.05, 4.69) is 10.2 Å². The Labute approximate surface area is 172 Å². The van der Waals surface area contributed by atoms with Gasteiger partial charge in [-0.25, -0.2) is 9.97 Å². The van der Waals surface area contributed by atoms with Crippen LogP contribution in [0.15, 0.2) is 30.3 Å². The Morgan fingerprint density at radius 3 is 2.76 bits per heavy atom. The molecule has 0 radical (unpaired) electrons. The molecule has 4 rings (SSSR count). The summed E-state index contributed by atoms with van der Waals surface area (Å²) < 4.78 is 0. The summed E-state index contributed by atoms with van der Waals surface area (Å²) in [5, 5.41) is 12.5. The molecule has 6 nitrogen and oxygen atoms in total. The first-order valence-electron chi connectivity index (χ1n) is 10.6. The summed E-state index contributed by atoms with van der Waals surface area (Å²) in [6.45, 7) is 5.18. The lowest BCUT2D eigenvalue weighted by molar-refractivity contribution is -0.127. The molecule has 0 spiro atoms. The van der Waals surface area contributed by atoms with Gasteiger partial charge in [0.1, 0.15) is 5.82 Å². The van der Waals surface area contributed by atoms with E-state index >= 15 is 0 Å². The molecule has 0 saturated carbocycles. The SMILES string of the molecule is CC(C)(CO)NC(=O)C1CCCN(c2nc(-c3ccccc3)nc3c2CCC3)C1. The van der Waals surface area contributed by atoms with Gasteiger partial charge in [0.05, 0.1) is 18.1 Å². The third-order valence-corrected chi connectivity index (χ3v) is 5.89. The van der Waals surface area contributed by atoms with Gasteiger partial charge < -0.3 is 15.3 Å². The molecule has 6 heteroatoms. The van der Waals surface area contributed by atoms with Crippen LogP contribution in [0.2, 0.25) is 0 Å². The van der Waals surface area contributed by atoms with E-state index in [-0.39, 0.29) is 18.4 Å². The highest BCUT2D eigenvalue weighted by atomic mass is 16.3. The van der Waals surface area contributed by atoms with Gasteiger partial charge in [0, 0.05) is 29.9 Å². The van der Waals surface area contributed by atoms with Crippen LogP contribution in [0.1, 0.15) is 44.4 Å². The first kappa shape index (κ1) is 19.8. The van der Waals surface area contributed by atoms with Crippen molar-refractivity contribution in [1.82, 2.24) is 15.3 Å². The lowest BCUT2D eigenvalue weighted by Gasteiger charge is -2.35. The summed E-state index contributed by atoms with van der Waals surface area (Å²) in [5.74, 6) is 1.70. The van der Waals surface area contributed by atoms with Crippen molar-refractivity contribution in [3.05, 3.63) is 41.6 Å². The summed E-state index contributed by atoms with van der Waals surface area (Å²) in [4.78, 5) is 24.9. The Balaban J connectivity index is 1.61. The van der Waals surface area contributed by atoms with Gasteiger partial charge in [-0.3, -0.25) is 4.79 Å². The topological polar surface area (TPSA) is 78.4 Å². The quantitative estimate of drug-likeness (QED) is 0.815. The van der Waals surface area contributed by atoms with Crippen LogP contribution in [0, 0.1) is 5.92 Å². The molecule has 2 aliphatic rings. The second-order valence-electron chi connectivity index (χ2n) is 8.83. The van der Waals surface area contributed by atoms with Crippen molar-refractivity contribution in [2.45, 2.75) is 51.5 Å². The third-order valence-electron chi connectivity index (χ3n) is 5.89. The van der Waals surface area contributed by atoms with Gasteiger partial charge in [-0.15, -0.1) is 0 Å². The van der Waals surface area contributed by atoms with E-state index in [4.69, 9.17) is 9.97 Å². The number of nitrogens with one attached hydrogen (secondary N) is 1. The number of carbonyl (C=O) groups excluding carboxylic acids is 1. The number of aryl methyl sites for hydroxylation is 1. The van der Waals surface area contributed by atoms with Crippen molar-refractivity contribution >= 4 is 11.7 Å². The number of benzene rings is 1. The highest BCUT2D eigenvalue weighted by Crippen LogP contribution is 2.33. The van der Waals surface area contributed by atoms with Crippen molar-refractivity contribution < 1.29 is 9.90 Å². The van der Waals surface area contributed by atoms with E-state index < -0.39 is 5.54 Å². The molecule has 1 saturated heterocycles. The monoisotopic (exact) mass is 394 g/mol. The molecular formula is C23H30N4O2. The summed E-state index contributed by atoms with van der Waals surface area (Å²) in [5.41, 5.74) is 2.83. The average Bonchev–Trinajstić information content (AvgIpc) is 3.22. The largest absolute Gasteiger partial charge is 0.394 e. The molecule has 2 N–H and O–H groups in total. The van der Waals surface area contributed by atoms with Crippen LogP contribution in [-0.2, 0) is 17.6 Å². The second-order valence-corrected chi connectivity index (χ2v) is 8.83. The highest BCUT2D eigenvalue weighted by Gasteiger charge is 2.32. The fourth-order valence-electron chi connectivity index (χ4n) is 4.25. The Morgan fingerprint density at radius 2 is 2.00 bits per heavy atom. The number of hydrogen-bond acceptors (Lipinski definition) is 5. The number of piperidine rings is 1. The molecule has 154 valence electrons. The molecule has 1 aliphatic carbocycles. The summed E-state index contributed by atoms with van der Waals surface area (Å²) in [6, 6.07) is 10.1. The maximum Gasteiger partial charge on any atom is 0.225 e. The summed E-state index contributed by atoms with van der Waals surface area (Å²) in [7, 11) is 0. The maximum atomic E-state index is 12.8. The van der Waals surface area contributed by atoms with Crippen LogP contribution in [-0.4, -0.2) is 46.2 Å². The predicted molar refractivity (Wildman–Crippen MR) is 114 cm³/mol. The van der Waals surface area contributed by atoms with Crippen LogP contribution in [0.3, 0.4) is 0 Å². The second kappa shape index (κ2) is 8.11. The zero-order valence-electron chi connectivity index (χ0n) is 17.3. The minimum absolute atomic E-state index is 0.0164. The van der Waals surface area contributed by atoms with Crippen molar-refractivity contribution in [1.29, 1.82) is 0 Å². The van der Waals surface area contributed by atoms with Gasteiger partial charge in [0.2, 0.25) is 5.91 Å². The molecule has 1 fully saturated rings. The maximum absolute atomic E-state index is 12.8. The zero-order chi connectivity index (χ0) is 20.4. The Bertz CT molecular complexity index is 882. The van der Waals surface area contributed by atoms with Crippen molar-refractivity contribution in [3.8, 4) is 11.4 Å². The van der Waals surface area contributed by atoms with Gasteiger partial charge in [-0.2, -0.15) is 0 Å². The fraction of sp³-hybridized carbons (Fsp3) is 0.522. The van der Waals surface area contributed by atoms with Crippen molar-refractivity contribution in [2.75, 3.05) is 24.6 Å².